The Balaban J connectivity index is 1.94. The number of nitrogens with one attached hydrogen (secondary N) is 1. The maximum atomic E-state index is 10.7. The van der Waals surface area contributed by atoms with Crippen molar-refractivity contribution in [2.75, 3.05) is 6.61 Å². The zero-order chi connectivity index (χ0) is 18.5. The van der Waals surface area contributed by atoms with Crippen LogP contribution in [-0.4, -0.2) is 38.8 Å². The van der Waals surface area contributed by atoms with Gasteiger partial charge in [0.2, 0.25) is 4.77 Å². The number of aliphatic carboxylic acids is 1. The second kappa shape index (κ2) is 7.75. The van der Waals surface area contributed by atoms with Crippen LogP contribution in [0.4, 0.5) is 0 Å². The average Bonchev–Trinajstić information content (AvgIpc) is 2.99. The van der Waals surface area contributed by atoms with E-state index in [0.29, 0.717) is 21.9 Å². The van der Waals surface area contributed by atoms with Crippen molar-refractivity contribution in [1.82, 2.24) is 14.9 Å². The fourth-order valence-corrected chi connectivity index (χ4v) is 2.53. The first-order chi connectivity index (χ1) is 12.5. The van der Waals surface area contributed by atoms with Gasteiger partial charge in [0.1, 0.15) is 5.75 Å². The maximum absolute atomic E-state index is 10.7. The summed E-state index contributed by atoms with van der Waals surface area (Å²) in [6.07, 6.45) is 1.56. The van der Waals surface area contributed by atoms with Gasteiger partial charge in [-0.15, -0.1) is 0 Å². The minimum atomic E-state index is -1.05. The van der Waals surface area contributed by atoms with Gasteiger partial charge in [0.15, 0.2) is 12.4 Å². The van der Waals surface area contributed by atoms with Gasteiger partial charge in [-0.2, -0.15) is 14.9 Å². The Morgan fingerprint density at radius 2 is 2.15 bits per heavy atom. The molecule has 132 valence electrons. The van der Waals surface area contributed by atoms with Crippen LogP contribution in [0.5, 0.6) is 5.75 Å². The Labute approximate surface area is 154 Å². The van der Waals surface area contributed by atoms with Crippen molar-refractivity contribution < 1.29 is 14.6 Å². The van der Waals surface area contributed by atoms with Gasteiger partial charge in [-0.25, -0.2) is 9.89 Å². The number of aromatic nitrogens is 3. The lowest BCUT2D eigenvalue weighted by molar-refractivity contribution is -0.139. The number of hydrogen-bond acceptors (Lipinski definition) is 5. The second-order valence-electron chi connectivity index (χ2n) is 5.50. The normalized spacial score (nSPS) is 11.0. The zero-order valence-electron chi connectivity index (χ0n) is 13.9. The molecule has 1 heterocycles. The summed E-state index contributed by atoms with van der Waals surface area (Å²) < 4.78 is 7.14. The summed E-state index contributed by atoms with van der Waals surface area (Å²) in [5, 5.41) is 20.2. The van der Waals surface area contributed by atoms with Crippen LogP contribution in [0.25, 0.3) is 11.4 Å². The van der Waals surface area contributed by atoms with E-state index >= 15 is 0 Å². The summed E-state index contributed by atoms with van der Waals surface area (Å²) in [4.78, 5) is 10.7. The van der Waals surface area contributed by atoms with E-state index in [0.717, 1.165) is 11.1 Å². The largest absolute Gasteiger partial charge is 0.481 e. The van der Waals surface area contributed by atoms with E-state index in [1.165, 1.54) is 4.68 Å². The van der Waals surface area contributed by atoms with Crippen LogP contribution in [0, 0.1) is 11.7 Å². The number of benzene rings is 2. The Bertz CT molecular complexity index is 1020. The molecule has 0 aliphatic heterocycles. The third kappa shape index (κ3) is 4.04. The molecule has 0 amide bonds. The monoisotopic (exact) mass is 368 g/mol. The van der Waals surface area contributed by atoms with Crippen LogP contribution < -0.4 is 4.74 Å². The lowest BCUT2D eigenvalue weighted by Gasteiger charge is -2.06. The number of rotatable bonds is 6. The lowest BCUT2D eigenvalue weighted by atomic mass is 10.1. The molecule has 0 saturated carbocycles. The molecule has 0 atom stereocenters. The number of aryl methyl sites for hydroxylation is 1. The van der Waals surface area contributed by atoms with E-state index in [-0.39, 0.29) is 0 Å². The fraction of sp³-hybridized carbons (Fsp3) is 0.111. The number of carboxylic acids is 1. The van der Waals surface area contributed by atoms with Crippen molar-refractivity contribution in [3.05, 3.63) is 64.4 Å². The van der Waals surface area contributed by atoms with Crippen LogP contribution in [-0.2, 0) is 4.79 Å². The molecule has 7 nitrogen and oxygen atoms in total. The molecule has 0 saturated heterocycles. The molecule has 8 heteroatoms. The molecule has 0 bridgehead atoms. The standard InChI is InChI=1S/C18H16N4O3S/c1-12-5-4-7-13(9-12)17-20-21-18(26)22(17)19-10-14-6-2-3-8-15(14)25-11-16(23)24/h2-10H,11H2,1H3,(H,21,26)(H,23,24)/b19-10-. The first-order valence-electron chi connectivity index (χ1n) is 7.77. The van der Waals surface area contributed by atoms with Gasteiger partial charge in [-0.1, -0.05) is 35.9 Å². The predicted molar refractivity (Wildman–Crippen MR) is 100 cm³/mol. The molecule has 3 aromatic rings. The van der Waals surface area contributed by atoms with Crippen LogP contribution in [0.2, 0.25) is 0 Å². The van der Waals surface area contributed by atoms with E-state index < -0.39 is 12.6 Å². The lowest BCUT2D eigenvalue weighted by Crippen LogP contribution is -2.10. The van der Waals surface area contributed by atoms with Crippen LogP contribution in [0.1, 0.15) is 11.1 Å². The van der Waals surface area contributed by atoms with Gasteiger partial charge < -0.3 is 9.84 Å². The molecular weight excluding hydrogens is 352 g/mol. The highest BCUT2D eigenvalue weighted by atomic mass is 32.1. The van der Waals surface area contributed by atoms with Gasteiger partial charge in [-0.3, -0.25) is 0 Å². The minimum Gasteiger partial charge on any atom is -0.481 e. The molecule has 3 rings (SSSR count). The quantitative estimate of drug-likeness (QED) is 0.515. The second-order valence-corrected chi connectivity index (χ2v) is 5.89. The van der Waals surface area contributed by atoms with Crippen molar-refractivity contribution in [3.63, 3.8) is 0 Å². The molecule has 2 N–H and O–H groups in total. The first kappa shape index (κ1) is 17.6. The molecule has 26 heavy (non-hydrogen) atoms. The zero-order valence-corrected chi connectivity index (χ0v) is 14.7. The Morgan fingerprint density at radius 3 is 2.92 bits per heavy atom. The molecule has 0 unspecified atom stereocenters. The van der Waals surface area contributed by atoms with E-state index in [1.54, 1.807) is 24.4 Å². The summed E-state index contributed by atoms with van der Waals surface area (Å²) in [5.74, 6) is -0.0415. The highest BCUT2D eigenvalue weighted by molar-refractivity contribution is 7.71. The number of nitrogens with zero attached hydrogens (tertiary/aromatic N) is 3. The number of carboxylic acid groups (broad SMARTS) is 1. The van der Waals surface area contributed by atoms with Crippen molar-refractivity contribution in [2.45, 2.75) is 6.92 Å². The molecular formula is C18H16N4O3S. The molecule has 0 spiro atoms. The molecule has 0 fully saturated rings. The van der Waals surface area contributed by atoms with Gasteiger partial charge in [0.25, 0.3) is 0 Å². The minimum absolute atomic E-state index is 0.349. The van der Waals surface area contributed by atoms with Crippen molar-refractivity contribution >= 4 is 24.4 Å². The number of para-hydroxylation sites is 1. The highest BCUT2D eigenvalue weighted by Gasteiger charge is 2.09. The SMILES string of the molecule is Cc1cccc(-c2n[nH]c(=S)n2/N=C\c2ccccc2OCC(=O)O)c1. The molecule has 0 aliphatic rings. The summed E-state index contributed by atoms with van der Waals surface area (Å²) in [6.45, 7) is 1.57. The Morgan fingerprint density at radius 1 is 1.35 bits per heavy atom. The first-order valence-corrected chi connectivity index (χ1v) is 8.18. The third-order valence-corrected chi connectivity index (χ3v) is 3.77. The van der Waals surface area contributed by atoms with Gasteiger partial charge >= 0.3 is 5.97 Å². The van der Waals surface area contributed by atoms with E-state index in [1.807, 2.05) is 37.3 Å². The number of hydrogen-bond donors (Lipinski definition) is 2. The van der Waals surface area contributed by atoms with E-state index in [9.17, 15) is 4.79 Å². The van der Waals surface area contributed by atoms with Crippen LogP contribution in [0.15, 0.2) is 53.6 Å². The third-order valence-electron chi connectivity index (χ3n) is 3.51. The highest BCUT2D eigenvalue weighted by Crippen LogP contribution is 2.19. The Kier molecular flexibility index (Phi) is 5.23. The van der Waals surface area contributed by atoms with E-state index in [2.05, 4.69) is 15.3 Å². The van der Waals surface area contributed by atoms with Crippen molar-refractivity contribution in [3.8, 4) is 17.1 Å². The van der Waals surface area contributed by atoms with Gasteiger partial charge in [-0.05, 0) is 37.3 Å². The summed E-state index contributed by atoms with van der Waals surface area (Å²) in [5.41, 5.74) is 2.61. The number of aromatic amines is 1. The molecule has 2 aromatic carbocycles. The van der Waals surface area contributed by atoms with Crippen LogP contribution in [0.3, 0.4) is 0 Å². The van der Waals surface area contributed by atoms with Crippen molar-refractivity contribution in [2.24, 2.45) is 5.10 Å². The number of H-pyrrole nitrogens is 1. The summed E-state index contributed by atoms with van der Waals surface area (Å²) >= 11 is 5.26. The maximum Gasteiger partial charge on any atom is 0.341 e. The summed E-state index contributed by atoms with van der Waals surface area (Å²) in [6, 6.07) is 14.9. The van der Waals surface area contributed by atoms with Crippen molar-refractivity contribution in [1.29, 1.82) is 0 Å². The van der Waals surface area contributed by atoms with Gasteiger partial charge in [0, 0.05) is 11.1 Å². The molecule has 0 aliphatic carbocycles. The average molecular weight is 368 g/mol. The molecule has 0 radical (unpaired) electrons. The van der Waals surface area contributed by atoms with Crippen LogP contribution >= 0.6 is 12.2 Å². The van der Waals surface area contributed by atoms with E-state index in [4.69, 9.17) is 22.1 Å². The fourth-order valence-electron chi connectivity index (χ4n) is 2.35. The number of ether oxygens (including phenoxy) is 1. The van der Waals surface area contributed by atoms with Gasteiger partial charge in [0.05, 0.1) is 6.21 Å². The summed E-state index contributed by atoms with van der Waals surface area (Å²) in [7, 11) is 0. The molecule has 1 aromatic heterocycles. The topological polar surface area (TPSA) is 92.5 Å². The smallest absolute Gasteiger partial charge is 0.341 e. The Hall–Kier alpha value is -3.26. The predicted octanol–water partition coefficient (Wildman–Crippen LogP) is 3.26. The number of carbonyl (C=O) groups is 1.